The molecule has 46 heavy (non-hydrogen) atoms. The van der Waals surface area contributed by atoms with Crippen molar-refractivity contribution in [2.75, 3.05) is 4.90 Å². The highest BCUT2D eigenvalue weighted by atomic mass is 32.1. The van der Waals surface area contributed by atoms with Gasteiger partial charge in [0.15, 0.2) is 0 Å². The third kappa shape index (κ3) is 3.69. The highest BCUT2D eigenvalue weighted by Gasteiger charge is 2.30. The second-order valence-corrected chi connectivity index (χ2v) is 12.7. The van der Waals surface area contributed by atoms with Crippen LogP contribution in [0.3, 0.4) is 0 Å². The monoisotopic (exact) mass is 604 g/mol. The van der Waals surface area contributed by atoms with E-state index in [9.17, 15) is 0 Å². The van der Waals surface area contributed by atoms with Crippen LogP contribution in [-0.4, -0.2) is 15.0 Å². The Balaban J connectivity index is 1.29. The topological polar surface area (TPSA) is 41.9 Å². The van der Waals surface area contributed by atoms with Gasteiger partial charge in [-0.3, -0.25) is 9.88 Å². The summed E-state index contributed by atoms with van der Waals surface area (Å²) in [6.07, 6.45) is 1.83. The summed E-state index contributed by atoms with van der Waals surface area (Å²) in [5, 5.41) is 5.92. The molecule has 10 rings (SSSR count). The average Bonchev–Trinajstić information content (AvgIpc) is 3.51. The summed E-state index contributed by atoms with van der Waals surface area (Å²) in [5.41, 5.74) is 9.60. The van der Waals surface area contributed by atoms with Crippen molar-refractivity contribution in [2.24, 2.45) is 0 Å². The van der Waals surface area contributed by atoms with Crippen molar-refractivity contribution < 1.29 is 0 Å². The van der Waals surface area contributed by atoms with E-state index in [-0.39, 0.29) is 0 Å². The van der Waals surface area contributed by atoms with Crippen LogP contribution in [0.1, 0.15) is 0 Å². The van der Waals surface area contributed by atoms with E-state index >= 15 is 0 Å². The Morgan fingerprint density at radius 2 is 1.30 bits per heavy atom. The Kier molecular flexibility index (Phi) is 5.41. The summed E-state index contributed by atoms with van der Waals surface area (Å²) in [4.78, 5) is 17.7. The van der Waals surface area contributed by atoms with Gasteiger partial charge in [0.2, 0.25) is 5.95 Å². The molecule has 3 aromatic heterocycles. The fourth-order valence-electron chi connectivity index (χ4n) is 6.98. The molecule has 4 heterocycles. The van der Waals surface area contributed by atoms with Gasteiger partial charge in [0, 0.05) is 43.7 Å². The lowest BCUT2D eigenvalue weighted by Crippen LogP contribution is -2.18. The van der Waals surface area contributed by atoms with Gasteiger partial charge in [-0.2, -0.15) is 0 Å². The van der Waals surface area contributed by atoms with Crippen molar-refractivity contribution in [3.63, 3.8) is 0 Å². The number of thiophene rings is 1. The van der Waals surface area contributed by atoms with E-state index < -0.39 is 0 Å². The summed E-state index contributed by atoms with van der Waals surface area (Å²) in [6.45, 7) is 0. The van der Waals surface area contributed by atoms with Gasteiger partial charge in [-0.25, -0.2) is 9.97 Å². The van der Waals surface area contributed by atoms with Crippen molar-refractivity contribution in [3.8, 4) is 33.6 Å². The van der Waals surface area contributed by atoms with Crippen LogP contribution in [0, 0.1) is 0 Å². The molecular formula is C41H24N4S. The first-order valence-corrected chi connectivity index (χ1v) is 16.2. The van der Waals surface area contributed by atoms with Gasteiger partial charge >= 0.3 is 0 Å². The van der Waals surface area contributed by atoms with E-state index in [0.717, 1.165) is 49.5 Å². The predicted octanol–water partition coefficient (Wildman–Crippen LogP) is 11.3. The molecule has 0 saturated carbocycles. The second-order valence-electron chi connectivity index (χ2n) is 11.6. The number of hydrogen-bond donors (Lipinski definition) is 0. The molecule has 6 aromatic carbocycles. The Morgan fingerprint density at radius 3 is 2.17 bits per heavy atom. The summed E-state index contributed by atoms with van der Waals surface area (Å²) in [5.74, 6) is 0.666. The number of fused-ring (bicyclic) bond motifs is 7. The average molecular weight is 605 g/mol. The lowest BCUT2D eigenvalue weighted by molar-refractivity contribution is 1.12. The van der Waals surface area contributed by atoms with Gasteiger partial charge in [0.1, 0.15) is 0 Å². The van der Waals surface area contributed by atoms with Gasteiger partial charge in [-0.15, -0.1) is 11.3 Å². The fourth-order valence-corrected chi connectivity index (χ4v) is 8.13. The van der Waals surface area contributed by atoms with E-state index in [1.807, 2.05) is 24.4 Å². The molecule has 0 radical (unpaired) electrons. The third-order valence-corrected chi connectivity index (χ3v) is 10.2. The largest absolute Gasteiger partial charge is 0.277 e. The van der Waals surface area contributed by atoms with E-state index in [4.69, 9.17) is 9.97 Å². The van der Waals surface area contributed by atoms with E-state index in [0.29, 0.717) is 5.95 Å². The smallest absolute Gasteiger partial charge is 0.235 e. The molecule has 1 aliphatic rings. The molecule has 0 spiro atoms. The zero-order valence-electron chi connectivity index (χ0n) is 24.6. The van der Waals surface area contributed by atoms with Crippen molar-refractivity contribution >= 4 is 70.5 Å². The van der Waals surface area contributed by atoms with Crippen LogP contribution in [0.5, 0.6) is 0 Å². The summed E-state index contributed by atoms with van der Waals surface area (Å²) in [7, 11) is 0. The minimum absolute atomic E-state index is 0.666. The molecule has 214 valence electrons. The molecule has 0 amide bonds. The fraction of sp³-hybridized carbons (Fsp3) is 0. The molecular weight excluding hydrogens is 581 g/mol. The zero-order valence-corrected chi connectivity index (χ0v) is 25.4. The Morgan fingerprint density at radius 1 is 0.543 bits per heavy atom. The number of rotatable bonds is 3. The zero-order chi connectivity index (χ0) is 30.2. The molecule has 5 heteroatoms. The van der Waals surface area contributed by atoms with E-state index in [2.05, 4.69) is 131 Å². The number of pyridine rings is 1. The third-order valence-electron chi connectivity index (χ3n) is 9.06. The molecule has 0 aliphatic carbocycles. The van der Waals surface area contributed by atoms with Crippen LogP contribution in [0.15, 0.2) is 146 Å². The van der Waals surface area contributed by atoms with Gasteiger partial charge in [0.25, 0.3) is 0 Å². The normalized spacial score (nSPS) is 12.3. The van der Waals surface area contributed by atoms with Crippen LogP contribution < -0.4 is 4.90 Å². The quantitative estimate of drug-likeness (QED) is 0.201. The van der Waals surface area contributed by atoms with Crippen LogP contribution in [0.4, 0.5) is 17.3 Å². The number of aromatic nitrogens is 3. The SMILES string of the molecule is c1ccc(-c2ccc(-c3nc(N4c5c(ccc6ccccc56)-c5cccc6cccc4c56)nc4c3sc3ccccc34)cc2)nc1. The Labute approximate surface area is 268 Å². The van der Waals surface area contributed by atoms with Crippen molar-refractivity contribution in [3.05, 3.63) is 146 Å². The van der Waals surface area contributed by atoms with Crippen LogP contribution in [-0.2, 0) is 0 Å². The Hall–Kier alpha value is -5.91. The predicted molar refractivity (Wildman–Crippen MR) is 192 cm³/mol. The van der Waals surface area contributed by atoms with E-state index in [1.165, 1.54) is 37.4 Å². The van der Waals surface area contributed by atoms with Gasteiger partial charge in [0.05, 0.1) is 33.0 Å². The Bertz CT molecular complexity index is 2640. The molecule has 9 aromatic rings. The molecule has 0 fully saturated rings. The number of nitrogens with zero attached hydrogens (tertiary/aromatic N) is 4. The van der Waals surface area contributed by atoms with Crippen molar-refractivity contribution in [1.29, 1.82) is 0 Å². The highest BCUT2D eigenvalue weighted by Crippen LogP contribution is 2.53. The highest BCUT2D eigenvalue weighted by molar-refractivity contribution is 7.26. The van der Waals surface area contributed by atoms with Gasteiger partial charge < -0.3 is 0 Å². The first-order chi connectivity index (χ1) is 22.8. The molecule has 0 saturated heterocycles. The molecule has 0 bridgehead atoms. The lowest BCUT2D eigenvalue weighted by atomic mass is 9.89. The van der Waals surface area contributed by atoms with Crippen LogP contribution in [0.2, 0.25) is 0 Å². The maximum absolute atomic E-state index is 5.47. The van der Waals surface area contributed by atoms with Gasteiger partial charge in [-0.1, -0.05) is 115 Å². The van der Waals surface area contributed by atoms with Gasteiger partial charge in [-0.05, 0) is 40.6 Å². The van der Waals surface area contributed by atoms with Crippen LogP contribution in [0.25, 0.3) is 75.5 Å². The maximum atomic E-state index is 5.47. The lowest BCUT2D eigenvalue weighted by Gasteiger charge is -2.33. The minimum atomic E-state index is 0.666. The first-order valence-electron chi connectivity index (χ1n) is 15.4. The van der Waals surface area contributed by atoms with E-state index in [1.54, 1.807) is 11.3 Å². The van der Waals surface area contributed by atoms with Crippen LogP contribution >= 0.6 is 11.3 Å². The number of hydrogen-bond acceptors (Lipinski definition) is 5. The summed E-state index contributed by atoms with van der Waals surface area (Å²) < 4.78 is 2.29. The first kappa shape index (κ1) is 25.4. The number of anilines is 3. The minimum Gasteiger partial charge on any atom is -0.277 e. The molecule has 1 aliphatic heterocycles. The van der Waals surface area contributed by atoms with Crippen molar-refractivity contribution in [1.82, 2.24) is 15.0 Å². The standard InChI is InChI=1S/C41H24N4S/c1-2-12-29-25(9-1)22-23-31-30-14-7-10-27-11-8-16-34(36(27)30)45(39(29)31)41-43-37(40-38(44-41)32-13-3-4-17-35(32)46-40)28-20-18-26(19-21-28)33-15-5-6-24-42-33/h1-24H. The number of benzene rings is 6. The molecule has 0 N–H and O–H groups in total. The maximum Gasteiger partial charge on any atom is 0.235 e. The van der Waals surface area contributed by atoms with Crippen molar-refractivity contribution in [2.45, 2.75) is 0 Å². The summed E-state index contributed by atoms with van der Waals surface area (Å²) >= 11 is 1.75. The second kappa shape index (κ2) is 9.80. The molecule has 0 atom stereocenters. The summed E-state index contributed by atoms with van der Waals surface area (Å²) in [6, 6.07) is 49.4. The molecule has 0 unspecified atom stereocenters. The molecule has 4 nitrogen and oxygen atoms in total.